The van der Waals surface area contributed by atoms with Gasteiger partial charge in [-0.25, -0.2) is 4.79 Å². The molecule has 2 heterocycles. The van der Waals surface area contributed by atoms with Crippen molar-refractivity contribution in [1.29, 1.82) is 0 Å². The van der Waals surface area contributed by atoms with E-state index in [9.17, 15) is 9.90 Å². The number of hydrogen-bond donors (Lipinski definition) is 2. The number of piperazine rings is 1. The fourth-order valence-electron chi connectivity index (χ4n) is 3.26. The summed E-state index contributed by atoms with van der Waals surface area (Å²) >= 11 is 5.96. The molecule has 0 bridgehead atoms. The third kappa shape index (κ3) is 4.39. The molecule has 2 atom stereocenters. The molecule has 0 radical (unpaired) electrons. The van der Waals surface area contributed by atoms with Crippen molar-refractivity contribution < 1.29 is 14.6 Å². The molecule has 0 unspecified atom stereocenters. The van der Waals surface area contributed by atoms with Gasteiger partial charge in [0.2, 0.25) is 0 Å². The normalized spacial score (nSPS) is 25.0. The van der Waals surface area contributed by atoms with Crippen LogP contribution >= 0.6 is 11.6 Å². The van der Waals surface area contributed by atoms with Gasteiger partial charge in [-0.05, 0) is 24.1 Å². The van der Waals surface area contributed by atoms with E-state index >= 15 is 0 Å². The Morgan fingerprint density at radius 2 is 2.08 bits per heavy atom. The highest BCUT2D eigenvalue weighted by atomic mass is 35.5. The third-order valence-electron chi connectivity index (χ3n) is 4.67. The molecule has 0 saturated carbocycles. The molecule has 1 aromatic rings. The van der Waals surface area contributed by atoms with Crippen molar-refractivity contribution in [2.24, 2.45) is 0 Å². The van der Waals surface area contributed by atoms with Gasteiger partial charge in [-0.3, -0.25) is 4.90 Å². The number of ether oxygens (including phenoxy) is 1. The summed E-state index contributed by atoms with van der Waals surface area (Å²) in [6.07, 6.45) is 0.348. The van der Waals surface area contributed by atoms with E-state index in [4.69, 9.17) is 16.3 Å². The summed E-state index contributed by atoms with van der Waals surface area (Å²) in [5.41, 5.74) is 1.11. The van der Waals surface area contributed by atoms with Crippen LogP contribution in [-0.4, -0.2) is 79.0 Å². The van der Waals surface area contributed by atoms with Gasteiger partial charge in [0.05, 0.1) is 25.4 Å². The van der Waals surface area contributed by atoms with Crippen LogP contribution in [0, 0.1) is 0 Å². The number of hydrogen-bond acceptors (Lipinski definition) is 4. The van der Waals surface area contributed by atoms with E-state index in [1.54, 1.807) is 0 Å². The number of amides is 2. The van der Waals surface area contributed by atoms with Gasteiger partial charge in [0.25, 0.3) is 0 Å². The maximum Gasteiger partial charge on any atom is 0.317 e. The second-order valence-electron chi connectivity index (χ2n) is 6.31. The van der Waals surface area contributed by atoms with Crippen molar-refractivity contribution in [1.82, 2.24) is 15.1 Å². The van der Waals surface area contributed by atoms with Gasteiger partial charge in [-0.2, -0.15) is 0 Å². The lowest BCUT2D eigenvalue weighted by Gasteiger charge is -2.38. The Labute approximate surface area is 147 Å². The van der Waals surface area contributed by atoms with Crippen LogP contribution in [0.15, 0.2) is 24.3 Å². The van der Waals surface area contributed by atoms with E-state index in [1.807, 2.05) is 29.2 Å². The Kier molecular flexibility index (Phi) is 5.94. The highest BCUT2D eigenvalue weighted by Crippen LogP contribution is 2.15. The standard InChI is InChI=1S/C17H24ClN3O3/c18-14-3-1-2-13(10-14)4-5-19-17(23)21-8-6-20(7-9-21)15-11-24-12-16(15)22/h1-3,10,15-16,22H,4-9,11-12H2,(H,19,23)/t15-,16-/m1/s1. The fraction of sp³-hybridized carbons (Fsp3) is 0.588. The molecule has 2 fully saturated rings. The van der Waals surface area contributed by atoms with Crippen molar-refractivity contribution in [2.45, 2.75) is 18.6 Å². The minimum Gasteiger partial charge on any atom is -0.389 e. The quantitative estimate of drug-likeness (QED) is 0.846. The molecule has 0 aromatic heterocycles. The summed E-state index contributed by atoms with van der Waals surface area (Å²) in [6, 6.07) is 7.72. The average Bonchev–Trinajstić information content (AvgIpc) is 3.01. The molecule has 0 spiro atoms. The minimum absolute atomic E-state index is 0.0279. The predicted octanol–water partition coefficient (Wildman–Crippen LogP) is 0.969. The number of urea groups is 1. The lowest BCUT2D eigenvalue weighted by Crippen LogP contribution is -2.56. The molecule has 2 aliphatic rings. The number of rotatable bonds is 4. The van der Waals surface area contributed by atoms with Gasteiger partial charge in [0, 0.05) is 37.7 Å². The van der Waals surface area contributed by atoms with Crippen LogP contribution in [0.1, 0.15) is 5.56 Å². The second kappa shape index (κ2) is 8.16. The molecule has 132 valence electrons. The van der Waals surface area contributed by atoms with Gasteiger partial charge in [-0.1, -0.05) is 23.7 Å². The number of benzene rings is 1. The molecule has 2 saturated heterocycles. The average molecular weight is 354 g/mol. The summed E-state index contributed by atoms with van der Waals surface area (Å²) in [7, 11) is 0. The predicted molar refractivity (Wildman–Crippen MR) is 92.3 cm³/mol. The molecule has 3 rings (SSSR count). The maximum absolute atomic E-state index is 12.2. The first-order valence-corrected chi connectivity index (χ1v) is 8.78. The molecule has 6 nitrogen and oxygen atoms in total. The Bertz CT molecular complexity index is 564. The van der Waals surface area contributed by atoms with Crippen LogP contribution in [0.25, 0.3) is 0 Å². The van der Waals surface area contributed by atoms with Crippen LogP contribution in [0.4, 0.5) is 4.79 Å². The van der Waals surface area contributed by atoms with Crippen LogP contribution in [0.5, 0.6) is 0 Å². The summed E-state index contributed by atoms with van der Waals surface area (Å²) in [6.45, 7) is 4.47. The summed E-state index contributed by atoms with van der Waals surface area (Å²) in [4.78, 5) is 16.3. The first-order valence-electron chi connectivity index (χ1n) is 8.40. The zero-order valence-electron chi connectivity index (χ0n) is 13.7. The highest BCUT2D eigenvalue weighted by molar-refractivity contribution is 6.30. The van der Waals surface area contributed by atoms with E-state index in [2.05, 4.69) is 10.2 Å². The van der Waals surface area contributed by atoms with Crippen LogP contribution in [-0.2, 0) is 11.2 Å². The number of aliphatic hydroxyl groups is 1. The number of nitrogens with one attached hydrogen (secondary N) is 1. The van der Waals surface area contributed by atoms with Crippen molar-refractivity contribution in [3.8, 4) is 0 Å². The number of carbonyl (C=O) groups excluding carboxylic acids is 1. The Morgan fingerprint density at radius 3 is 2.75 bits per heavy atom. The number of nitrogens with zero attached hydrogens (tertiary/aromatic N) is 2. The van der Waals surface area contributed by atoms with E-state index in [0.29, 0.717) is 37.9 Å². The largest absolute Gasteiger partial charge is 0.389 e. The Hall–Kier alpha value is -1.34. The zero-order chi connectivity index (χ0) is 16.9. The molecule has 0 aliphatic carbocycles. The highest BCUT2D eigenvalue weighted by Gasteiger charge is 2.34. The summed E-state index contributed by atoms with van der Waals surface area (Å²) in [5, 5.41) is 13.6. The maximum atomic E-state index is 12.2. The monoisotopic (exact) mass is 353 g/mol. The first-order chi connectivity index (χ1) is 11.6. The minimum atomic E-state index is -0.414. The van der Waals surface area contributed by atoms with E-state index < -0.39 is 6.10 Å². The zero-order valence-corrected chi connectivity index (χ0v) is 14.4. The van der Waals surface area contributed by atoms with Crippen LogP contribution in [0.3, 0.4) is 0 Å². The van der Waals surface area contributed by atoms with Crippen molar-refractivity contribution in [2.75, 3.05) is 45.9 Å². The van der Waals surface area contributed by atoms with Gasteiger partial charge in [0.15, 0.2) is 0 Å². The Morgan fingerprint density at radius 1 is 1.29 bits per heavy atom. The van der Waals surface area contributed by atoms with Gasteiger partial charge in [0.1, 0.15) is 0 Å². The van der Waals surface area contributed by atoms with E-state index in [1.165, 1.54) is 0 Å². The molecule has 1 aromatic carbocycles. The molecule has 2 amide bonds. The molecular weight excluding hydrogens is 330 g/mol. The van der Waals surface area contributed by atoms with Gasteiger partial charge >= 0.3 is 6.03 Å². The van der Waals surface area contributed by atoms with Crippen LogP contribution < -0.4 is 5.32 Å². The van der Waals surface area contributed by atoms with Crippen molar-refractivity contribution in [3.63, 3.8) is 0 Å². The number of carbonyl (C=O) groups is 1. The van der Waals surface area contributed by atoms with Crippen LogP contribution in [0.2, 0.25) is 5.02 Å². The van der Waals surface area contributed by atoms with E-state index in [-0.39, 0.29) is 12.1 Å². The second-order valence-corrected chi connectivity index (χ2v) is 6.74. The third-order valence-corrected chi connectivity index (χ3v) is 4.91. The lowest BCUT2D eigenvalue weighted by molar-refractivity contribution is 0.0529. The summed E-state index contributed by atoms with van der Waals surface area (Å²) in [5.74, 6) is 0. The van der Waals surface area contributed by atoms with Crippen molar-refractivity contribution in [3.05, 3.63) is 34.9 Å². The summed E-state index contributed by atoms with van der Waals surface area (Å²) < 4.78 is 5.31. The first kappa shape index (κ1) is 17.5. The fourth-order valence-corrected chi connectivity index (χ4v) is 3.47. The van der Waals surface area contributed by atoms with Gasteiger partial charge in [-0.15, -0.1) is 0 Å². The molecular formula is C17H24ClN3O3. The molecule has 7 heteroatoms. The number of aliphatic hydroxyl groups excluding tert-OH is 1. The van der Waals surface area contributed by atoms with Gasteiger partial charge < -0.3 is 20.1 Å². The number of halogens is 1. The molecule has 2 N–H and O–H groups in total. The topological polar surface area (TPSA) is 65.0 Å². The van der Waals surface area contributed by atoms with E-state index in [0.717, 1.165) is 25.1 Å². The van der Waals surface area contributed by atoms with Crippen molar-refractivity contribution >= 4 is 17.6 Å². The molecule has 2 aliphatic heterocycles. The smallest absolute Gasteiger partial charge is 0.317 e. The Balaban J connectivity index is 1.39. The molecule has 24 heavy (non-hydrogen) atoms. The SMILES string of the molecule is O=C(NCCc1cccc(Cl)c1)N1CCN([C@@H]2COC[C@H]2O)CC1. The lowest BCUT2D eigenvalue weighted by atomic mass is 10.1.